The molecule has 3 N–H and O–H groups in total. The summed E-state index contributed by atoms with van der Waals surface area (Å²) in [5.41, 5.74) is 11.0. The first-order valence-electron chi connectivity index (χ1n) is 7.65. The highest BCUT2D eigenvalue weighted by atomic mass is 14.9. The van der Waals surface area contributed by atoms with E-state index in [4.69, 9.17) is 10.7 Å². The molecule has 1 atom stereocenters. The Morgan fingerprint density at radius 2 is 2.05 bits per heavy atom. The lowest BCUT2D eigenvalue weighted by Crippen LogP contribution is -2.20. The van der Waals surface area contributed by atoms with Crippen LogP contribution in [0.25, 0.3) is 10.9 Å². The van der Waals surface area contributed by atoms with E-state index in [1.54, 1.807) is 0 Å². The molecule has 3 heteroatoms. The van der Waals surface area contributed by atoms with Gasteiger partial charge in [0.05, 0.1) is 5.52 Å². The van der Waals surface area contributed by atoms with Crippen LogP contribution < -0.4 is 11.1 Å². The van der Waals surface area contributed by atoms with Crippen molar-refractivity contribution < 1.29 is 0 Å². The quantitative estimate of drug-likeness (QED) is 0.895. The molecule has 1 aliphatic rings. The summed E-state index contributed by atoms with van der Waals surface area (Å²) in [5, 5.41) is 4.88. The van der Waals surface area contributed by atoms with Crippen molar-refractivity contribution in [3.05, 3.63) is 35.5 Å². The van der Waals surface area contributed by atoms with Gasteiger partial charge in [-0.1, -0.05) is 18.2 Å². The van der Waals surface area contributed by atoms with Gasteiger partial charge in [0, 0.05) is 29.4 Å². The van der Waals surface area contributed by atoms with Crippen LogP contribution in [0.4, 0.5) is 5.69 Å². The molecule has 0 saturated heterocycles. The van der Waals surface area contributed by atoms with Gasteiger partial charge in [-0.25, -0.2) is 0 Å². The van der Waals surface area contributed by atoms with Gasteiger partial charge >= 0.3 is 0 Å². The first kappa shape index (κ1) is 13.4. The van der Waals surface area contributed by atoms with E-state index in [9.17, 15) is 0 Å². The number of pyridine rings is 1. The van der Waals surface area contributed by atoms with Gasteiger partial charge in [0.15, 0.2) is 0 Å². The molecule has 1 aromatic heterocycles. The molecule has 0 fully saturated rings. The van der Waals surface area contributed by atoms with Gasteiger partial charge in [-0.05, 0) is 50.7 Å². The van der Waals surface area contributed by atoms with Crippen molar-refractivity contribution in [3.63, 3.8) is 0 Å². The normalized spacial score (nSPS) is 15.9. The van der Waals surface area contributed by atoms with E-state index in [1.807, 2.05) is 0 Å². The van der Waals surface area contributed by atoms with E-state index >= 15 is 0 Å². The number of fused-ring (bicyclic) bond motifs is 2. The third-order valence-corrected chi connectivity index (χ3v) is 4.07. The van der Waals surface area contributed by atoms with Crippen molar-refractivity contribution in [1.29, 1.82) is 0 Å². The lowest BCUT2D eigenvalue weighted by Gasteiger charge is -2.22. The van der Waals surface area contributed by atoms with Crippen LogP contribution in [0.2, 0.25) is 0 Å². The molecule has 1 aliphatic carbocycles. The Bertz CT molecular complexity index is 604. The predicted octanol–water partition coefficient (Wildman–Crippen LogP) is 3.26. The van der Waals surface area contributed by atoms with E-state index in [1.165, 1.54) is 35.2 Å². The smallest absolute Gasteiger partial charge is 0.0726 e. The second kappa shape index (κ2) is 5.80. The molecule has 3 rings (SSSR count). The fourth-order valence-electron chi connectivity index (χ4n) is 3.00. The maximum atomic E-state index is 5.85. The van der Waals surface area contributed by atoms with Crippen LogP contribution in [0.15, 0.2) is 24.3 Å². The summed E-state index contributed by atoms with van der Waals surface area (Å²) >= 11 is 0. The zero-order chi connectivity index (χ0) is 13.9. The number of rotatable bonds is 4. The molecule has 0 radical (unpaired) electrons. The minimum atomic E-state index is 0.242. The average Bonchev–Trinajstić information content (AvgIpc) is 2.46. The van der Waals surface area contributed by atoms with Gasteiger partial charge in [-0.15, -0.1) is 0 Å². The fourth-order valence-corrected chi connectivity index (χ4v) is 3.00. The summed E-state index contributed by atoms with van der Waals surface area (Å²) in [6.45, 7) is 2.99. The third-order valence-electron chi connectivity index (χ3n) is 4.07. The van der Waals surface area contributed by atoms with Gasteiger partial charge in [-0.2, -0.15) is 0 Å². The molecule has 1 heterocycles. The van der Waals surface area contributed by atoms with Crippen molar-refractivity contribution in [2.75, 3.05) is 11.9 Å². The van der Waals surface area contributed by atoms with Crippen LogP contribution >= 0.6 is 0 Å². The molecule has 1 unspecified atom stereocenters. The number of hydrogen-bond acceptors (Lipinski definition) is 3. The van der Waals surface area contributed by atoms with Crippen molar-refractivity contribution in [1.82, 2.24) is 4.98 Å². The van der Waals surface area contributed by atoms with Crippen molar-refractivity contribution in [2.45, 2.75) is 45.1 Å². The first-order valence-corrected chi connectivity index (χ1v) is 7.65. The summed E-state index contributed by atoms with van der Waals surface area (Å²) in [6, 6.07) is 8.69. The highest BCUT2D eigenvalue weighted by molar-refractivity contribution is 5.93. The SMILES string of the molecule is CC(N)CCNc1c2c(nc3ccccc13)CCCC2. The zero-order valence-corrected chi connectivity index (χ0v) is 12.2. The summed E-state index contributed by atoms with van der Waals surface area (Å²) in [5.74, 6) is 0. The molecule has 0 amide bonds. The van der Waals surface area contributed by atoms with Crippen LogP contribution in [0.1, 0.15) is 37.4 Å². The predicted molar refractivity (Wildman–Crippen MR) is 85.1 cm³/mol. The average molecular weight is 269 g/mol. The lowest BCUT2D eigenvalue weighted by atomic mass is 9.92. The molecule has 3 nitrogen and oxygen atoms in total. The summed E-state index contributed by atoms with van der Waals surface area (Å²) in [6.07, 6.45) is 5.79. The molecule has 2 aromatic rings. The molecular formula is C17H23N3. The Balaban J connectivity index is 2.01. The molecule has 1 aromatic carbocycles. The number of nitrogens with one attached hydrogen (secondary N) is 1. The lowest BCUT2D eigenvalue weighted by molar-refractivity contribution is 0.668. The van der Waals surface area contributed by atoms with Crippen molar-refractivity contribution in [3.8, 4) is 0 Å². The first-order chi connectivity index (χ1) is 9.75. The van der Waals surface area contributed by atoms with Crippen molar-refractivity contribution >= 4 is 16.6 Å². The van der Waals surface area contributed by atoms with E-state index < -0.39 is 0 Å². The summed E-state index contributed by atoms with van der Waals surface area (Å²) in [4.78, 5) is 4.85. The summed E-state index contributed by atoms with van der Waals surface area (Å²) in [7, 11) is 0. The van der Waals surface area contributed by atoms with E-state index in [2.05, 4.69) is 36.5 Å². The molecule has 0 spiro atoms. The Kier molecular flexibility index (Phi) is 3.88. The zero-order valence-electron chi connectivity index (χ0n) is 12.2. The van der Waals surface area contributed by atoms with E-state index in [-0.39, 0.29) is 6.04 Å². The number of benzene rings is 1. The Morgan fingerprint density at radius 3 is 2.90 bits per heavy atom. The Hall–Kier alpha value is -1.61. The fraction of sp³-hybridized carbons (Fsp3) is 0.471. The molecule has 0 aliphatic heterocycles. The second-order valence-corrected chi connectivity index (χ2v) is 5.83. The summed E-state index contributed by atoms with van der Waals surface area (Å²) < 4.78 is 0. The maximum Gasteiger partial charge on any atom is 0.0726 e. The third kappa shape index (κ3) is 2.63. The maximum absolute atomic E-state index is 5.85. The van der Waals surface area contributed by atoms with Crippen LogP contribution in [-0.2, 0) is 12.8 Å². The molecule has 20 heavy (non-hydrogen) atoms. The number of nitrogens with two attached hydrogens (primary N) is 1. The van der Waals surface area contributed by atoms with Crippen LogP contribution in [-0.4, -0.2) is 17.6 Å². The number of aryl methyl sites for hydroxylation is 1. The van der Waals surface area contributed by atoms with Crippen LogP contribution in [0, 0.1) is 0 Å². The number of nitrogens with zero attached hydrogens (tertiary/aromatic N) is 1. The van der Waals surface area contributed by atoms with Gasteiger partial charge in [0.25, 0.3) is 0 Å². The second-order valence-electron chi connectivity index (χ2n) is 5.83. The van der Waals surface area contributed by atoms with Crippen LogP contribution in [0.3, 0.4) is 0 Å². The molecule has 106 valence electrons. The number of aromatic nitrogens is 1. The minimum Gasteiger partial charge on any atom is -0.384 e. The van der Waals surface area contributed by atoms with Crippen molar-refractivity contribution in [2.24, 2.45) is 5.73 Å². The topological polar surface area (TPSA) is 50.9 Å². The van der Waals surface area contributed by atoms with Gasteiger partial charge < -0.3 is 11.1 Å². The van der Waals surface area contributed by atoms with Crippen LogP contribution in [0.5, 0.6) is 0 Å². The monoisotopic (exact) mass is 269 g/mol. The number of para-hydroxylation sites is 1. The highest BCUT2D eigenvalue weighted by Crippen LogP contribution is 2.33. The van der Waals surface area contributed by atoms with Gasteiger partial charge in [0.1, 0.15) is 0 Å². The van der Waals surface area contributed by atoms with Gasteiger partial charge in [0.2, 0.25) is 0 Å². The standard InChI is InChI=1S/C17H23N3/c1-12(18)10-11-19-17-13-6-2-4-8-15(13)20-16-9-5-3-7-14(16)17/h2,4,6,8,12H,3,5,7,9-11,18H2,1H3,(H,19,20). The highest BCUT2D eigenvalue weighted by Gasteiger charge is 2.17. The number of anilines is 1. The van der Waals surface area contributed by atoms with E-state index in [0.29, 0.717) is 0 Å². The molecular weight excluding hydrogens is 246 g/mol. The van der Waals surface area contributed by atoms with E-state index in [0.717, 1.165) is 31.3 Å². The van der Waals surface area contributed by atoms with Gasteiger partial charge in [-0.3, -0.25) is 4.98 Å². The molecule has 0 saturated carbocycles. The minimum absolute atomic E-state index is 0.242. The molecule has 0 bridgehead atoms. The largest absolute Gasteiger partial charge is 0.384 e. The Morgan fingerprint density at radius 1 is 1.25 bits per heavy atom. The number of hydrogen-bond donors (Lipinski definition) is 2. The Labute approximate surface area is 120 Å².